The van der Waals surface area contributed by atoms with Crippen molar-refractivity contribution in [1.29, 1.82) is 0 Å². The number of unbranched alkanes of at least 4 members (excludes halogenated alkanes) is 6. The Balaban J connectivity index is 2.15. The molecular weight excluding hydrogens is 383 g/mol. The van der Waals surface area contributed by atoms with E-state index in [0.717, 1.165) is 37.0 Å². The lowest BCUT2D eigenvalue weighted by molar-refractivity contribution is -0.678. The van der Waals surface area contributed by atoms with Crippen LogP contribution in [0, 0.1) is 6.92 Å². The third-order valence-corrected chi connectivity index (χ3v) is 5.86. The molecule has 0 fully saturated rings. The summed E-state index contributed by atoms with van der Waals surface area (Å²) in [6.07, 6.45) is 9.27. The smallest absolute Gasteiger partial charge is 0.303 e. The molecule has 0 unspecified atom stereocenters. The minimum atomic E-state index is -0.739. The lowest BCUT2D eigenvalue weighted by Gasteiger charge is -2.03. The van der Waals surface area contributed by atoms with Crippen LogP contribution in [0.4, 0.5) is 0 Å². The Hall–Kier alpha value is -1.26. The molecule has 6 heteroatoms. The topological polar surface area (TPSA) is 46.1 Å². The molecule has 4 nitrogen and oxygen atoms in total. The first-order valence-electron chi connectivity index (χ1n) is 10.0. The molecule has 0 aliphatic carbocycles. The van der Waals surface area contributed by atoms with E-state index in [2.05, 4.69) is 23.0 Å². The molecule has 1 N–H and O–H groups in total. The number of halogens is 2. The first-order valence-corrected chi connectivity index (χ1v) is 10.8. The number of imidazole rings is 1. The fourth-order valence-corrected chi connectivity index (χ4v) is 3.93. The van der Waals surface area contributed by atoms with Gasteiger partial charge >= 0.3 is 5.97 Å². The van der Waals surface area contributed by atoms with Gasteiger partial charge in [0, 0.05) is 25.5 Å². The molecule has 0 bridgehead atoms. The summed E-state index contributed by atoms with van der Waals surface area (Å²) in [5, 5.41) is 9.97. The van der Waals surface area contributed by atoms with Crippen molar-refractivity contribution in [2.75, 3.05) is 0 Å². The fraction of sp³-hybridized carbons (Fsp3) is 0.619. The van der Waals surface area contributed by atoms with Crippen molar-refractivity contribution in [1.82, 2.24) is 4.57 Å². The van der Waals surface area contributed by atoms with Crippen LogP contribution in [-0.2, 0) is 17.9 Å². The molecule has 0 saturated carbocycles. The molecule has 0 aliphatic heterocycles. The van der Waals surface area contributed by atoms with Crippen LogP contribution in [0.25, 0.3) is 11.0 Å². The number of aryl methyl sites for hydroxylation is 2. The van der Waals surface area contributed by atoms with Gasteiger partial charge in [0.25, 0.3) is 5.82 Å². The van der Waals surface area contributed by atoms with Crippen LogP contribution < -0.4 is 4.57 Å². The highest BCUT2D eigenvalue weighted by Gasteiger charge is 2.22. The average molecular weight is 414 g/mol. The summed E-state index contributed by atoms with van der Waals surface area (Å²) in [5.74, 6) is 0.435. The summed E-state index contributed by atoms with van der Waals surface area (Å²) in [6, 6.07) is 3.89. The minimum absolute atomic E-state index is 0.211. The number of carbonyl (C=O) groups is 1. The normalized spacial score (nSPS) is 11.4. The molecule has 0 saturated heterocycles. The molecule has 150 valence electrons. The van der Waals surface area contributed by atoms with Crippen LogP contribution in [0.15, 0.2) is 12.1 Å². The van der Waals surface area contributed by atoms with Crippen LogP contribution in [0.5, 0.6) is 0 Å². The van der Waals surface area contributed by atoms with Crippen molar-refractivity contribution in [3.05, 3.63) is 28.0 Å². The number of aromatic nitrogens is 2. The maximum Gasteiger partial charge on any atom is 0.303 e. The monoisotopic (exact) mass is 413 g/mol. The van der Waals surface area contributed by atoms with Crippen molar-refractivity contribution >= 4 is 40.2 Å². The summed E-state index contributed by atoms with van der Waals surface area (Å²) >= 11 is 12.5. The quantitative estimate of drug-likeness (QED) is 0.334. The van der Waals surface area contributed by atoms with Gasteiger partial charge in [0.05, 0.1) is 23.1 Å². The zero-order valence-corrected chi connectivity index (χ0v) is 18.0. The van der Waals surface area contributed by atoms with E-state index in [1.165, 1.54) is 37.9 Å². The van der Waals surface area contributed by atoms with Gasteiger partial charge in [0.15, 0.2) is 11.0 Å². The van der Waals surface area contributed by atoms with E-state index >= 15 is 0 Å². The van der Waals surface area contributed by atoms with Crippen LogP contribution in [0.1, 0.15) is 70.5 Å². The summed E-state index contributed by atoms with van der Waals surface area (Å²) in [5.41, 5.74) is 2.18. The lowest BCUT2D eigenvalue weighted by Crippen LogP contribution is -2.36. The highest BCUT2D eigenvalue weighted by molar-refractivity contribution is 6.42. The third kappa shape index (κ3) is 6.11. The Kier molecular flexibility index (Phi) is 8.91. The maximum absolute atomic E-state index is 10.7. The van der Waals surface area contributed by atoms with Gasteiger partial charge in [0.1, 0.15) is 0 Å². The minimum Gasteiger partial charge on any atom is -0.481 e. The molecule has 0 radical (unpaired) electrons. The number of carboxylic acid groups (broad SMARTS) is 1. The standard InChI is InChI=1S/C21H30Cl2N2O2/c1-3-4-5-6-7-9-12-24-16(2)25(13-10-8-11-21(26)27)20-15-18(23)17(22)14-19(20)24/h14-15H,3-13H2,1-2H3/p+1. The van der Waals surface area contributed by atoms with E-state index in [1.54, 1.807) is 0 Å². The lowest BCUT2D eigenvalue weighted by atomic mass is 10.1. The van der Waals surface area contributed by atoms with Gasteiger partial charge in [-0.05, 0) is 25.7 Å². The van der Waals surface area contributed by atoms with Crippen LogP contribution >= 0.6 is 23.2 Å². The van der Waals surface area contributed by atoms with Gasteiger partial charge in [-0.3, -0.25) is 4.79 Å². The van der Waals surface area contributed by atoms with E-state index in [4.69, 9.17) is 28.3 Å². The molecule has 0 atom stereocenters. The zero-order valence-electron chi connectivity index (χ0n) is 16.4. The van der Waals surface area contributed by atoms with Gasteiger partial charge < -0.3 is 5.11 Å². The summed E-state index contributed by atoms with van der Waals surface area (Å²) in [7, 11) is 0. The molecule has 1 aromatic heterocycles. The number of rotatable bonds is 12. The van der Waals surface area contributed by atoms with E-state index in [0.29, 0.717) is 16.5 Å². The Morgan fingerprint density at radius 1 is 1.04 bits per heavy atom. The van der Waals surface area contributed by atoms with Gasteiger partial charge in [-0.25, -0.2) is 9.13 Å². The van der Waals surface area contributed by atoms with Crippen molar-refractivity contribution < 1.29 is 14.5 Å². The maximum atomic E-state index is 10.7. The third-order valence-electron chi connectivity index (χ3n) is 5.14. The number of benzene rings is 1. The second-order valence-corrected chi connectivity index (χ2v) is 8.04. The molecule has 0 spiro atoms. The number of fused-ring (bicyclic) bond motifs is 1. The molecule has 1 heterocycles. The number of hydrogen-bond donors (Lipinski definition) is 1. The number of carboxylic acids is 1. The number of nitrogens with zero attached hydrogens (tertiary/aromatic N) is 2. The molecule has 0 aliphatic rings. The van der Waals surface area contributed by atoms with Crippen LogP contribution in [0.3, 0.4) is 0 Å². The molecule has 2 rings (SSSR count). The summed E-state index contributed by atoms with van der Waals surface area (Å²) < 4.78 is 4.57. The molecule has 2 aromatic rings. The summed E-state index contributed by atoms with van der Waals surface area (Å²) in [4.78, 5) is 10.7. The Bertz CT molecular complexity index is 771. The van der Waals surface area contributed by atoms with Crippen molar-refractivity contribution in [2.24, 2.45) is 0 Å². The number of aliphatic carboxylic acids is 1. The number of hydrogen-bond acceptors (Lipinski definition) is 1. The van der Waals surface area contributed by atoms with E-state index in [1.807, 2.05) is 12.1 Å². The highest BCUT2D eigenvalue weighted by Crippen LogP contribution is 2.28. The SMILES string of the molecule is CCCCCCCC[n+]1c(C)n(CCCCC(=O)O)c2cc(Cl)c(Cl)cc21. The van der Waals surface area contributed by atoms with Crippen molar-refractivity contribution in [3.8, 4) is 0 Å². The second-order valence-electron chi connectivity index (χ2n) is 7.22. The Labute approximate surface area is 172 Å². The first kappa shape index (κ1) is 22.0. The second kappa shape index (κ2) is 10.9. The van der Waals surface area contributed by atoms with Gasteiger partial charge in [-0.15, -0.1) is 0 Å². The van der Waals surface area contributed by atoms with Crippen LogP contribution in [0.2, 0.25) is 10.0 Å². The summed E-state index contributed by atoms with van der Waals surface area (Å²) in [6.45, 7) is 6.11. The van der Waals surface area contributed by atoms with Gasteiger partial charge in [-0.1, -0.05) is 55.8 Å². The predicted molar refractivity (Wildman–Crippen MR) is 112 cm³/mol. The zero-order chi connectivity index (χ0) is 19.8. The average Bonchev–Trinajstić information content (AvgIpc) is 2.86. The van der Waals surface area contributed by atoms with Gasteiger partial charge in [0.2, 0.25) is 0 Å². The van der Waals surface area contributed by atoms with Crippen molar-refractivity contribution in [2.45, 2.75) is 84.7 Å². The molecule has 27 heavy (non-hydrogen) atoms. The van der Waals surface area contributed by atoms with E-state index in [9.17, 15) is 4.79 Å². The largest absolute Gasteiger partial charge is 0.481 e. The Morgan fingerprint density at radius 2 is 1.70 bits per heavy atom. The first-order chi connectivity index (χ1) is 13.0. The van der Waals surface area contributed by atoms with E-state index in [-0.39, 0.29) is 6.42 Å². The molecule has 1 aromatic carbocycles. The Morgan fingerprint density at radius 3 is 2.41 bits per heavy atom. The van der Waals surface area contributed by atoms with Crippen molar-refractivity contribution in [3.63, 3.8) is 0 Å². The highest BCUT2D eigenvalue weighted by atomic mass is 35.5. The van der Waals surface area contributed by atoms with Gasteiger partial charge in [-0.2, -0.15) is 0 Å². The van der Waals surface area contributed by atoms with E-state index < -0.39 is 5.97 Å². The molecular formula is C21H31Cl2N2O2+. The van der Waals surface area contributed by atoms with Crippen LogP contribution in [-0.4, -0.2) is 15.6 Å². The fourth-order valence-electron chi connectivity index (χ4n) is 3.61. The molecule has 0 amide bonds. The predicted octanol–water partition coefficient (Wildman–Crippen LogP) is 6.16.